The third-order valence-corrected chi connectivity index (χ3v) is 3.73. The number of carbonyl (C=O) groups is 1. The Bertz CT molecular complexity index is 740. The highest BCUT2D eigenvalue weighted by Gasteiger charge is 2.07. The van der Waals surface area contributed by atoms with Crippen LogP contribution in [-0.4, -0.2) is 17.6 Å². The Morgan fingerprint density at radius 3 is 2.72 bits per heavy atom. The van der Waals surface area contributed by atoms with E-state index in [1.54, 1.807) is 12.1 Å². The molecular weight excluding hydrogens is 358 g/mol. The Morgan fingerprint density at radius 2 is 1.96 bits per heavy atom. The molecular formula is C18H20ClN3O2S. The molecule has 0 saturated heterocycles. The van der Waals surface area contributed by atoms with Crippen LogP contribution in [0.5, 0.6) is 5.75 Å². The number of carbonyl (C=O) groups excluding carboxylic acids is 1. The van der Waals surface area contributed by atoms with Crippen molar-refractivity contribution in [2.24, 2.45) is 0 Å². The number of rotatable bonds is 6. The van der Waals surface area contributed by atoms with Gasteiger partial charge in [-0.1, -0.05) is 35.9 Å². The summed E-state index contributed by atoms with van der Waals surface area (Å²) in [7, 11) is 0. The number of hydrogen-bond acceptors (Lipinski definition) is 3. The lowest BCUT2D eigenvalue weighted by Gasteiger charge is -2.12. The number of anilines is 1. The molecule has 25 heavy (non-hydrogen) atoms. The zero-order valence-electron chi connectivity index (χ0n) is 13.8. The Morgan fingerprint density at radius 1 is 1.16 bits per heavy atom. The van der Waals surface area contributed by atoms with Crippen molar-refractivity contribution in [1.29, 1.82) is 0 Å². The van der Waals surface area contributed by atoms with Crippen LogP contribution < -0.4 is 20.9 Å². The zero-order valence-corrected chi connectivity index (χ0v) is 15.4. The van der Waals surface area contributed by atoms with Crippen molar-refractivity contribution in [3.63, 3.8) is 0 Å². The fraction of sp³-hybridized carbons (Fsp3) is 0.222. The number of nitrogens with one attached hydrogen (secondary N) is 3. The topological polar surface area (TPSA) is 62.4 Å². The molecule has 5 nitrogen and oxygen atoms in total. The van der Waals surface area contributed by atoms with Gasteiger partial charge in [0, 0.05) is 17.1 Å². The van der Waals surface area contributed by atoms with Crippen LogP contribution in [0.25, 0.3) is 0 Å². The highest BCUT2D eigenvalue weighted by molar-refractivity contribution is 7.80. The van der Waals surface area contributed by atoms with Gasteiger partial charge in [0.25, 0.3) is 0 Å². The van der Waals surface area contributed by atoms with E-state index < -0.39 is 0 Å². The first-order valence-corrected chi connectivity index (χ1v) is 8.69. The standard InChI is InChI=1S/C18H20ClN3O2S/c1-2-24-16-9-4-3-6-13(16)10-11-17(23)21-22-18(25)20-15-8-5-7-14(19)12-15/h3-9,12H,2,10-11H2,1H3,(H,21,23)(H2,20,22,25). The molecule has 0 atom stereocenters. The van der Waals surface area contributed by atoms with Gasteiger partial charge >= 0.3 is 0 Å². The van der Waals surface area contributed by atoms with Gasteiger partial charge in [0.15, 0.2) is 5.11 Å². The lowest BCUT2D eigenvalue weighted by molar-refractivity contribution is -0.121. The summed E-state index contributed by atoms with van der Waals surface area (Å²) >= 11 is 11.0. The number of hydrogen-bond donors (Lipinski definition) is 3. The second kappa shape index (κ2) is 9.86. The van der Waals surface area contributed by atoms with Crippen LogP contribution in [-0.2, 0) is 11.2 Å². The van der Waals surface area contributed by atoms with Crippen molar-refractivity contribution in [3.05, 3.63) is 59.1 Å². The average molecular weight is 378 g/mol. The smallest absolute Gasteiger partial charge is 0.238 e. The third kappa shape index (κ3) is 6.60. The molecule has 0 aliphatic heterocycles. The van der Waals surface area contributed by atoms with Crippen LogP contribution in [0.4, 0.5) is 5.69 Å². The maximum Gasteiger partial charge on any atom is 0.238 e. The van der Waals surface area contributed by atoms with Gasteiger partial charge in [0.2, 0.25) is 5.91 Å². The molecule has 0 spiro atoms. The summed E-state index contributed by atoms with van der Waals surface area (Å²) in [6.45, 7) is 2.52. The van der Waals surface area contributed by atoms with Crippen molar-refractivity contribution in [1.82, 2.24) is 10.9 Å². The lowest BCUT2D eigenvalue weighted by atomic mass is 10.1. The monoisotopic (exact) mass is 377 g/mol. The number of hydrazine groups is 1. The zero-order chi connectivity index (χ0) is 18.1. The van der Waals surface area contributed by atoms with Crippen molar-refractivity contribution >= 4 is 40.5 Å². The molecule has 0 aromatic heterocycles. The van der Waals surface area contributed by atoms with Gasteiger partial charge in [0.05, 0.1) is 6.61 Å². The van der Waals surface area contributed by atoms with E-state index in [1.165, 1.54) is 0 Å². The molecule has 2 rings (SSSR count). The maximum atomic E-state index is 12.0. The van der Waals surface area contributed by atoms with Crippen molar-refractivity contribution < 1.29 is 9.53 Å². The van der Waals surface area contributed by atoms with Crippen molar-refractivity contribution in [3.8, 4) is 5.75 Å². The van der Waals surface area contributed by atoms with E-state index in [1.807, 2.05) is 43.3 Å². The molecule has 0 aliphatic carbocycles. The summed E-state index contributed by atoms with van der Waals surface area (Å²) in [6, 6.07) is 14.8. The number of para-hydroxylation sites is 1. The molecule has 0 radical (unpaired) electrons. The van der Waals surface area contributed by atoms with Crippen LogP contribution >= 0.6 is 23.8 Å². The minimum Gasteiger partial charge on any atom is -0.494 e. The number of ether oxygens (including phenoxy) is 1. The predicted octanol–water partition coefficient (Wildman–Crippen LogP) is 3.69. The Hall–Kier alpha value is -2.31. The Kier molecular flexibility index (Phi) is 7.50. The van der Waals surface area contributed by atoms with E-state index >= 15 is 0 Å². The SMILES string of the molecule is CCOc1ccccc1CCC(=O)NNC(=S)Nc1cccc(Cl)c1. The predicted molar refractivity (Wildman–Crippen MR) is 105 cm³/mol. The fourth-order valence-corrected chi connectivity index (χ4v) is 2.53. The first kappa shape index (κ1) is 19.0. The number of thiocarbonyl (C=S) groups is 1. The quantitative estimate of drug-likeness (QED) is 0.529. The molecule has 2 aromatic rings. The molecule has 1 amide bonds. The van der Waals surface area contributed by atoms with Gasteiger partial charge in [-0.25, -0.2) is 0 Å². The van der Waals surface area contributed by atoms with E-state index in [2.05, 4.69) is 16.2 Å². The second-order valence-electron chi connectivity index (χ2n) is 5.18. The first-order valence-electron chi connectivity index (χ1n) is 7.90. The Labute approximate surface area is 157 Å². The number of aryl methyl sites for hydroxylation is 1. The van der Waals surface area contributed by atoms with Gasteiger partial charge in [-0.15, -0.1) is 0 Å². The number of benzene rings is 2. The lowest BCUT2D eigenvalue weighted by Crippen LogP contribution is -2.43. The summed E-state index contributed by atoms with van der Waals surface area (Å²) in [4.78, 5) is 12.0. The third-order valence-electron chi connectivity index (χ3n) is 3.29. The van der Waals surface area contributed by atoms with Crippen LogP contribution in [0, 0.1) is 0 Å². The van der Waals surface area contributed by atoms with Gasteiger partial charge in [-0.05, 0) is 55.4 Å². The van der Waals surface area contributed by atoms with Crippen LogP contribution in [0.2, 0.25) is 5.02 Å². The maximum absolute atomic E-state index is 12.0. The number of amides is 1. The van der Waals surface area contributed by atoms with Crippen molar-refractivity contribution in [2.45, 2.75) is 19.8 Å². The molecule has 3 N–H and O–H groups in total. The van der Waals surface area contributed by atoms with Gasteiger partial charge in [-0.2, -0.15) is 0 Å². The summed E-state index contributed by atoms with van der Waals surface area (Å²) in [6.07, 6.45) is 0.898. The van der Waals surface area contributed by atoms with E-state index in [9.17, 15) is 4.79 Å². The molecule has 0 unspecified atom stereocenters. The Balaban J connectivity index is 1.76. The molecule has 0 heterocycles. The molecule has 0 fully saturated rings. The molecule has 7 heteroatoms. The molecule has 132 valence electrons. The van der Waals surface area contributed by atoms with Gasteiger partial charge in [-0.3, -0.25) is 15.6 Å². The van der Waals surface area contributed by atoms with E-state index in [4.69, 9.17) is 28.6 Å². The van der Waals surface area contributed by atoms with E-state index in [0.717, 1.165) is 17.0 Å². The second-order valence-corrected chi connectivity index (χ2v) is 6.02. The summed E-state index contributed by atoms with van der Waals surface area (Å²) in [5.41, 5.74) is 6.99. The summed E-state index contributed by atoms with van der Waals surface area (Å²) < 4.78 is 5.55. The van der Waals surface area contributed by atoms with Crippen LogP contribution in [0.15, 0.2) is 48.5 Å². The van der Waals surface area contributed by atoms with Gasteiger partial charge in [0.1, 0.15) is 5.75 Å². The summed E-state index contributed by atoms with van der Waals surface area (Å²) in [5.74, 6) is 0.644. The van der Waals surface area contributed by atoms with Gasteiger partial charge < -0.3 is 10.1 Å². The van der Waals surface area contributed by atoms with E-state index in [0.29, 0.717) is 24.5 Å². The molecule has 2 aromatic carbocycles. The van der Waals surface area contributed by atoms with E-state index in [-0.39, 0.29) is 11.0 Å². The normalized spacial score (nSPS) is 10.0. The molecule has 0 aliphatic rings. The minimum atomic E-state index is -0.165. The van der Waals surface area contributed by atoms with Crippen LogP contribution in [0.1, 0.15) is 18.9 Å². The summed E-state index contributed by atoms with van der Waals surface area (Å²) in [5, 5.41) is 3.82. The number of halogens is 1. The highest BCUT2D eigenvalue weighted by Crippen LogP contribution is 2.19. The fourth-order valence-electron chi connectivity index (χ4n) is 2.17. The highest BCUT2D eigenvalue weighted by atomic mass is 35.5. The van der Waals surface area contributed by atoms with Crippen molar-refractivity contribution in [2.75, 3.05) is 11.9 Å². The molecule has 0 saturated carbocycles. The van der Waals surface area contributed by atoms with Crippen LogP contribution in [0.3, 0.4) is 0 Å². The first-order chi connectivity index (χ1) is 12.1. The minimum absolute atomic E-state index is 0.165. The average Bonchev–Trinajstić information content (AvgIpc) is 2.59. The molecule has 0 bridgehead atoms. The largest absolute Gasteiger partial charge is 0.494 e.